The molecule has 0 amide bonds. The van der Waals surface area contributed by atoms with Gasteiger partial charge >= 0.3 is 0 Å². The summed E-state index contributed by atoms with van der Waals surface area (Å²) < 4.78 is 62.2. The van der Waals surface area contributed by atoms with E-state index in [2.05, 4.69) is 0 Å². The van der Waals surface area contributed by atoms with Gasteiger partial charge in [0.1, 0.15) is 0 Å². The van der Waals surface area contributed by atoms with Crippen molar-refractivity contribution in [2.24, 2.45) is 0 Å². The lowest BCUT2D eigenvalue weighted by Gasteiger charge is -2.45. The van der Waals surface area contributed by atoms with Gasteiger partial charge in [0.15, 0.2) is 23.7 Å². The highest BCUT2D eigenvalue weighted by molar-refractivity contribution is 6.36. The molecule has 0 bridgehead atoms. The second-order valence-corrected chi connectivity index (χ2v) is 15.8. The van der Waals surface area contributed by atoms with E-state index in [1.807, 2.05) is 127 Å². The molecule has 1 saturated heterocycles. The van der Waals surface area contributed by atoms with Crippen LogP contribution in [0, 0.1) is 11.6 Å². The summed E-state index contributed by atoms with van der Waals surface area (Å²) in [7, 11) is 1.22. The summed E-state index contributed by atoms with van der Waals surface area (Å²) in [5, 5.41) is 23.8. The molecule has 318 valence electrons. The van der Waals surface area contributed by atoms with Crippen LogP contribution in [0.2, 0.25) is 5.02 Å². The zero-order valence-electron chi connectivity index (χ0n) is 34.2. The fourth-order valence-corrected chi connectivity index (χ4v) is 8.63. The Balaban J connectivity index is 1.20. The van der Waals surface area contributed by atoms with Crippen molar-refractivity contribution in [3.8, 4) is 16.9 Å². The molecular formula is C52H47ClF2O7. The third-order valence-corrected chi connectivity index (χ3v) is 11.7. The zero-order valence-corrected chi connectivity index (χ0v) is 34.9. The van der Waals surface area contributed by atoms with Crippen molar-refractivity contribution in [1.29, 1.82) is 0 Å². The van der Waals surface area contributed by atoms with E-state index < -0.39 is 41.7 Å². The van der Waals surface area contributed by atoms with Gasteiger partial charge in [0, 0.05) is 29.4 Å². The molecule has 62 heavy (non-hydrogen) atoms. The van der Waals surface area contributed by atoms with Crippen LogP contribution in [0.1, 0.15) is 58.1 Å². The van der Waals surface area contributed by atoms with Gasteiger partial charge < -0.3 is 33.9 Å². The Morgan fingerprint density at radius 1 is 0.726 bits per heavy atom. The normalized spacial score (nSPS) is 18.2. The van der Waals surface area contributed by atoms with Crippen LogP contribution < -0.4 is 4.74 Å². The van der Waals surface area contributed by atoms with Gasteiger partial charge in [0.05, 0.1) is 50.8 Å². The summed E-state index contributed by atoms with van der Waals surface area (Å²) in [6, 6.07) is 46.4. The molecule has 10 heteroatoms. The van der Waals surface area contributed by atoms with Crippen molar-refractivity contribution in [1.82, 2.24) is 0 Å². The zero-order chi connectivity index (χ0) is 43.1. The summed E-state index contributed by atoms with van der Waals surface area (Å²) in [6.07, 6.45) is -1.83. The largest absolute Gasteiger partial charge is 0.491 e. The number of ether oxygens (including phenoxy) is 5. The Hall–Kier alpha value is -5.49. The van der Waals surface area contributed by atoms with E-state index in [4.69, 9.17) is 35.3 Å². The summed E-state index contributed by atoms with van der Waals surface area (Å²) in [6.45, 7) is 0.595. The lowest BCUT2D eigenvalue weighted by Crippen LogP contribution is -2.48. The maximum atomic E-state index is 15.0. The lowest BCUT2D eigenvalue weighted by atomic mass is 9.87. The van der Waals surface area contributed by atoms with Gasteiger partial charge in [-0.2, -0.15) is 0 Å². The molecule has 2 N–H and O–H groups in total. The molecule has 0 aromatic heterocycles. The molecule has 7 aromatic rings. The van der Waals surface area contributed by atoms with E-state index in [1.54, 1.807) is 12.1 Å². The first-order valence-corrected chi connectivity index (χ1v) is 20.9. The van der Waals surface area contributed by atoms with Gasteiger partial charge in [0.2, 0.25) is 5.79 Å². The maximum absolute atomic E-state index is 15.0. The van der Waals surface area contributed by atoms with Crippen molar-refractivity contribution < 1.29 is 42.7 Å². The van der Waals surface area contributed by atoms with Crippen LogP contribution in [0.5, 0.6) is 5.75 Å². The monoisotopic (exact) mass is 856 g/mol. The van der Waals surface area contributed by atoms with Crippen LogP contribution in [0.25, 0.3) is 21.9 Å². The summed E-state index contributed by atoms with van der Waals surface area (Å²) in [4.78, 5) is 0. The number of aliphatic hydroxyl groups is 2. The van der Waals surface area contributed by atoms with E-state index in [9.17, 15) is 10.2 Å². The number of hydrogen-bond acceptors (Lipinski definition) is 7. The molecule has 1 unspecified atom stereocenters. The van der Waals surface area contributed by atoms with Crippen molar-refractivity contribution >= 4 is 22.4 Å². The van der Waals surface area contributed by atoms with Gasteiger partial charge in [-0.1, -0.05) is 145 Å². The number of halogens is 3. The summed E-state index contributed by atoms with van der Waals surface area (Å²) in [5.74, 6) is -3.79. The van der Waals surface area contributed by atoms with Gasteiger partial charge in [-0.25, -0.2) is 8.78 Å². The predicted octanol–water partition coefficient (Wildman–Crippen LogP) is 11.4. The first-order chi connectivity index (χ1) is 30.2. The average Bonchev–Trinajstić information content (AvgIpc) is 3.30. The number of methoxy groups -OCH3 is 1. The van der Waals surface area contributed by atoms with Crippen LogP contribution >= 0.6 is 11.6 Å². The fraction of sp³-hybridized carbons (Fsp3) is 0.231. The number of rotatable bonds is 16. The minimum absolute atomic E-state index is 0.0606. The molecule has 8 rings (SSSR count). The molecule has 7 nitrogen and oxygen atoms in total. The first-order valence-electron chi connectivity index (χ1n) is 20.6. The smallest absolute Gasteiger partial charge is 0.201 e. The Morgan fingerprint density at radius 3 is 2.03 bits per heavy atom. The minimum Gasteiger partial charge on any atom is -0.491 e. The number of aliphatic hydroxyl groups excluding tert-OH is 2. The van der Waals surface area contributed by atoms with Crippen molar-refractivity contribution in [3.63, 3.8) is 0 Å². The van der Waals surface area contributed by atoms with Crippen molar-refractivity contribution in [2.45, 2.75) is 63.4 Å². The van der Waals surface area contributed by atoms with E-state index in [0.29, 0.717) is 51.1 Å². The quantitative estimate of drug-likeness (QED) is 0.0936. The third-order valence-electron chi connectivity index (χ3n) is 11.3. The second kappa shape index (κ2) is 19.7. The molecule has 0 aliphatic carbocycles. The Morgan fingerprint density at radius 2 is 1.34 bits per heavy atom. The molecule has 0 radical (unpaired) electrons. The highest BCUT2D eigenvalue weighted by atomic mass is 35.5. The molecule has 1 aliphatic rings. The summed E-state index contributed by atoms with van der Waals surface area (Å²) in [5.41, 5.74) is 6.57. The first kappa shape index (κ1) is 43.2. The van der Waals surface area contributed by atoms with Crippen LogP contribution in [0.3, 0.4) is 0 Å². The van der Waals surface area contributed by atoms with Gasteiger partial charge in [-0.15, -0.1) is 0 Å². The van der Waals surface area contributed by atoms with E-state index in [-0.39, 0.29) is 32.7 Å². The highest BCUT2D eigenvalue weighted by Crippen LogP contribution is 2.48. The Bertz CT molecular complexity index is 2590. The van der Waals surface area contributed by atoms with Crippen LogP contribution in [-0.2, 0) is 51.0 Å². The van der Waals surface area contributed by atoms with Gasteiger partial charge in [-0.05, 0) is 69.0 Å². The highest BCUT2D eigenvalue weighted by Gasteiger charge is 2.48. The molecule has 0 spiro atoms. The summed E-state index contributed by atoms with van der Waals surface area (Å²) >= 11 is 7.16. The van der Waals surface area contributed by atoms with Gasteiger partial charge in [-0.3, -0.25) is 0 Å². The van der Waals surface area contributed by atoms with Crippen LogP contribution in [0.4, 0.5) is 8.78 Å². The second-order valence-electron chi connectivity index (χ2n) is 15.4. The molecule has 1 heterocycles. The van der Waals surface area contributed by atoms with E-state index in [0.717, 1.165) is 27.8 Å². The van der Waals surface area contributed by atoms with Gasteiger partial charge in [0.25, 0.3) is 0 Å². The predicted molar refractivity (Wildman–Crippen MR) is 235 cm³/mol. The van der Waals surface area contributed by atoms with Crippen LogP contribution in [-0.4, -0.2) is 36.1 Å². The van der Waals surface area contributed by atoms with Crippen molar-refractivity contribution in [3.05, 3.63) is 207 Å². The molecule has 4 atom stereocenters. The molecule has 0 saturated carbocycles. The van der Waals surface area contributed by atoms with E-state index in [1.165, 1.54) is 19.2 Å². The lowest BCUT2D eigenvalue weighted by molar-refractivity contribution is -0.357. The Kier molecular flexibility index (Phi) is 13.7. The standard InChI is InChI=1S/C52H47ClF2O7/c1-58-50-47(54)25-35(26-48(50)55)24-39-27-46(44-22-12-13-23-45(44)49(39)53)52(62-51(57)36-16-6-3-7-17-36)29-40(60-31-34-14-4-2-5-15-34)28-41(61-52)33-59-32-38-19-9-11-21-43(38)42-20-10-8-18-37(42)30-56/h2-23,25-27,40-41,51,56-57H,24,28-33H2,1H3/t40-,41-,51?,52-/m0/s1. The topological polar surface area (TPSA) is 86.6 Å². The third kappa shape index (κ3) is 9.60. The number of hydrogen-bond donors (Lipinski definition) is 2. The Labute approximate surface area is 365 Å². The molecule has 1 fully saturated rings. The molecule has 7 aromatic carbocycles. The van der Waals surface area contributed by atoms with E-state index >= 15 is 8.78 Å². The molecular weight excluding hydrogens is 810 g/mol. The fourth-order valence-electron chi connectivity index (χ4n) is 8.34. The maximum Gasteiger partial charge on any atom is 0.201 e. The number of benzene rings is 7. The SMILES string of the molecule is COc1c(F)cc(Cc2cc([C@@]3(OC(O)c4ccccc4)C[C@@H](OCc4ccccc4)C[C@@H](COCc4ccccc4-c4ccccc4CO)O3)c3ccccc3c2Cl)cc1F. The average molecular weight is 857 g/mol. The minimum atomic E-state index is -1.66. The van der Waals surface area contributed by atoms with Crippen LogP contribution in [0.15, 0.2) is 152 Å². The molecule has 1 aliphatic heterocycles. The number of fused-ring (bicyclic) bond motifs is 1. The van der Waals surface area contributed by atoms with Crippen molar-refractivity contribution in [2.75, 3.05) is 13.7 Å².